The molecule has 26 heavy (non-hydrogen) atoms. The number of anilines is 1. The highest BCUT2D eigenvalue weighted by Crippen LogP contribution is 2.29. The molecule has 0 unspecified atom stereocenters. The number of Topliss-reactive ketones (excluding diaryl/α,β-unsaturated/α-hetero) is 1. The Morgan fingerprint density at radius 3 is 2.50 bits per heavy atom. The molecule has 1 heterocycles. The van der Waals surface area contributed by atoms with Crippen LogP contribution in [0.1, 0.15) is 24.2 Å². The van der Waals surface area contributed by atoms with E-state index in [1.165, 1.54) is 18.3 Å². The van der Waals surface area contributed by atoms with Gasteiger partial charge in [-0.05, 0) is 56.3 Å². The Hall–Kier alpha value is -2.93. The monoisotopic (exact) mass is 370 g/mol. The molecule has 3 rings (SSSR count). The molecule has 134 valence electrons. The quantitative estimate of drug-likeness (QED) is 0.638. The van der Waals surface area contributed by atoms with Crippen molar-refractivity contribution in [3.05, 3.63) is 48.0 Å². The van der Waals surface area contributed by atoms with Gasteiger partial charge in [0.25, 0.3) is 5.91 Å². The van der Waals surface area contributed by atoms with E-state index in [2.05, 4.69) is 10.3 Å². The average molecular weight is 370 g/mol. The average Bonchev–Trinajstić information content (AvgIpc) is 3.02. The number of benzene rings is 2. The number of carbonyl (C=O) groups is 2. The second-order valence-electron chi connectivity index (χ2n) is 5.50. The molecular weight excluding hydrogens is 352 g/mol. The van der Waals surface area contributed by atoms with E-state index in [0.717, 1.165) is 16.0 Å². The smallest absolute Gasteiger partial charge is 0.264 e. The van der Waals surface area contributed by atoms with Crippen molar-refractivity contribution >= 4 is 38.4 Å². The minimum Gasteiger partial charge on any atom is -0.494 e. The molecule has 0 bridgehead atoms. The molecule has 3 aromatic rings. The number of nitrogens with one attached hydrogen (secondary N) is 1. The van der Waals surface area contributed by atoms with Crippen LogP contribution in [0.25, 0.3) is 10.2 Å². The molecule has 0 spiro atoms. The molecule has 0 aliphatic carbocycles. The number of hydrogen-bond donors (Lipinski definition) is 1. The van der Waals surface area contributed by atoms with Gasteiger partial charge in [-0.15, -0.1) is 0 Å². The Morgan fingerprint density at radius 1 is 1.08 bits per heavy atom. The van der Waals surface area contributed by atoms with Gasteiger partial charge in [0, 0.05) is 5.56 Å². The van der Waals surface area contributed by atoms with Gasteiger partial charge in [0.1, 0.15) is 11.5 Å². The first-order valence-corrected chi connectivity index (χ1v) is 8.94. The maximum atomic E-state index is 12.1. The lowest BCUT2D eigenvalue weighted by atomic mass is 10.1. The number of rotatable bonds is 7. The van der Waals surface area contributed by atoms with E-state index < -0.39 is 0 Å². The number of ketones is 1. The predicted molar refractivity (Wildman–Crippen MR) is 101 cm³/mol. The van der Waals surface area contributed by atoms with Crippen LogP contribution in [0.2, 0.25) is 0 Å². The topological polar surface area (TPSA) is 77.5 Å². The lowest BCUT2D eigenvalue weighted by Crippen LogP contribution is -2.20. The Morgan fingerprint density at radius 2 is 1.81 bits per heavy atom. The van der Waals surface area contributed by atoms with E-state index in [1.807, 2.05) is 25.1 Å². The summed E-state index contributed by atoms with van der Waals surface area (Å²) in [5.41, 5.74) is 1.40. The highest BCUT2D eigenvalue weighted by atomic mass is 32.1. The Kier molecular flexibility index (Phi) is 5.48. The molecule has 0 fully saturated rings. The molecule has 0 saturated carbocycles. The number of fused-ring (bicyclic) bond motifs is 1. The fourth-order valence-corrected chi connectivity index (χ4v) is 3.22. The third kappa shape index (κ3) is 4.37. The van der Waals surface area contributed by atoms with Crippen molar-refractivity contribution in [1.82, 2.24) is 4.98 Å². The van der Waals surface area contributed by atoms with E-state index >= 15 is 0 Å². The van der Waals surface area contributed by atoms with Crippen molar-refractivity contribution < 1.29 is 19.1 Å². The first kappa shape index (κ1) is 17.9. The minimum absolute atomic E-state index is 0.0161. The number of carbonyl (C=O) groups excluding carboxylic acids is 2. The molecule has 0 atom stereocenters. The van der Waals surface area contributed by atoms with Crippen LogP contribution in [0, 0.1) is 0 Å². The lowest BCUT2D eigenvalue weighted by Gasteiger charge is -2.06. The maximum Gasteiger partial charge on any atom is 0.264 e. The second-order valence-corrected chi connectivity index (χ2v) is 6.53. The molecule has 0 radical (unpaired) electrons. The van der Waals surface area contributed by atoms with E-state index in [-0.39, 0.29) is 18.3 Å². The Bertz CT molecular complexity index is 934. The normalized spacial score (nSPS) is 10.5. The van der Waals surface area contributed by atoms with Gasteiger partial charge in [-0.25, -0.2) is 4.98 Å². The summed E-state index contributed by atoms with van der Waals surface area (Å²) in [5.74, 6) is 0.983. The molecular formula is C19H18N2O4S. The van der Waals surface area contributed by atoms with Crippen molar-refractivity contribution in [1.29, 1.82) is 0 Å². The summed E-state index contributed by atoms with van der Waals surface area (Å²) >= 11 is 1.38. The third-order valence-electron chi connectivity index (χ3n) is 3.55. The molecule has 0 aliphatic rings. The fourth-order valence-electron chi connectivity index (χ4n) is 2.30. The molecule has 6 nitrogen and oxygen atoms in total. The van der Waals surface area contributed by atoms with Gasteiger partial charge < -0.3 is 9.47 Å². The van der Waals surface area contributed by atoms with Crippen molar-refractivity contribution in [2.75, 3.05) is 18.5 Å². The van der Waals surface area contributed by atoms with Crippen molar-refractivity contribution in [2.24, 2.45) is 0 Å². The second kappa shape index (κ2) is 7.97. The molecule has 1 N–H and O–H groups in total. The SMILES string of the molecule is CCOc1ccc2nc(NC(=O)COc3ccc(C(C)=O)cc3)sc2c1. The zero-order valence-electron chi connectivity index (χ0n) is 14.4. The van der Waals surface area contributed by atoms with E-state index in [0.29, 0.717) is 23.1 Å². The van der Waals surface area contributed by atoms with Gasteiger partial charge in [-0.2, -0.15) is 0 Å². The summed E-state index contributed by atoms with van der Waals surface area (Å²) in [5, 5.41) is 3.24. The zero-order chi connectivity index (χ0) is 18.5. The fraction of sp³-hybridized carbons (Fsp3) is 0.211. The number of ether oxygens (including phenoxy) is 2. The number of aromatic nitrogens is 1. The van der Waals surface area contributed by atoms with Crippen molar-refractivity contribution in [2.45, 2.75) is 13.8 Å². The van der Waals surface area contributed by atoms with Crippen LogP contribution in [0.4, 0.5) is 5.13 Å². The standard InChI is InChI=1S/C19H18N2O4S/c1-3-24-15-8-9-16-17(10-15)26-19(20-16)21-18(23)11-25-14-6-4-13(5-7-14)12(2)22/h4-10H,3,11H2,1-2H3,(H,20,21,23). The van der Waals surface area contributed by atoms with Gasteiger partial charge in [0.15, 0.2) is 17.5 Å². The summed E-state index contributed by atoms with van der Waals surface area (Å²) in [4.78, 5) is 27.7. The van der Waals surface area contributed by atoms with E-state index in [9.17, 15) is 9.59 Å². The number of thiazole rings is 1. The number of hydrogen-bond acceptors (Lipinski definition) is 6. The van der Waals surface area contributed by atoms with Crippen LogP contribution >= 0.6 is 11.3 Å². The van der Waals surface area contributed by atoms with Crippen LogP contribution in [0.3, 0.4) is 0 Å². The first-order chi connectivity index (χ1) is 12.5. The molecule has 1 amide bonds. The Balaban J connectivity index is 1.59. The van der Waals surface area contributed by atoms with Crippen LogP contribution < -0.4 is 14.8 Å². The third-order valence-corrected chi connectivity index (χ3v) is 4.48. The van der Waals surface area contributed by atoms with Crippen LogP contribution in [-0.4, -0.2) is 29.9 Å². The highest BCUT2D eigenvalue weighted by Gasteiger charge is 2.10. The number of nitrogens with zero attached hydrogens (tertiary/aromatic N) is 1. The van der Waals surface area contributed by atoms with Gasteiger partial charge in [-0.1, -0.05) is 11.3 Å². The van der Waals surface area contributed by atoms with Gasteiger partial charge in [0.2, 0.25) is 0 Å². The van der Waals surface area contributed by atoms with Gasteiger partial charge in [0.05, 0.1) is 16.8 Å². The summed E-state index contributed by atoms with van der Waals surface area (Å²) in [6, 6.07) is 12.3. The molecule has 2 aromatic carbocycles. The summed E-state index contributed by atoms with van der Waals surface area (Å²) in [7, 11) is 0. The molecule has 1 aromatic heterocycles. The van der Waals surface area contributed by atoms with Crippen LogP contribution in [-0.2, 0) is 4.79 Å². The largest absolute Gasteiger partial charge is 0.494 e. The maximum absolute atomic E-state index is 12.1. The summed E-state index contributed by atoms with van der Waals surface area (Å²) in [6.07, 6.45) is 0. The Labute approximate surface area is 154 Å². The molecule has 0 saturated heterocycles. The van der Waals surface area contributed by atoms with E-state index in [4.69, 9.17) is 9.47 Å². The summed E-state index contributed by atoms with van der Waals surface area (Å²) in [6.45, 7) is 3.88. The number of amides is 1. The predicted octanol–water partition coefficient (Wildman–Crippen LogP) is 3.92. The van der Waals surface area contributed by atoms with Gasteiger partial charge in [-0.3, -0.25) is 14.9 Å². The lowest BCUT2D eigenvalue weighted by molar-refractivity contribution is -0.118. The summed E-state index contributed by atoms with van der Waals surface area (Å²) < 4.78 is 11.8. The van der Waals surface area contributed by atoms with Crippen LogP contribution in [0.5, 0.6) is 11.5 Å². The molecule has 0 aliphatic heterocycles. The highest BCUT2D eigenvalue weighted by molar-refractivity contribution is 7.22. The van der Waals surface area contributed by atoms with Crippen LogP contribution in [0.15, 0.2) is 42.5 Å². The minimum atomic E-state index is -0.301. The van der Waals surface area contributed by atoms with Crippen molar-refractivity contribution in [3.8, 4) is 11.5 Å². The molecule has 7 heteroatoms. The zero-order valence-corrected chi connectivity index (χ0v) is 15.3. The van der Waals surface area contributed by atoms with E-state index in [1.54, 1.807) is 24.3 Å². The van der Waals surface area contributed by atoms with Crippen molar-refractivity contribution in [3.63, 3.8) is 0 Å². The van der Waals surface area contributed by atoms with Gasteiger partial charge >= 0.3 is 0 Å². The first-order valence-electron chi connectivity index (χ1n) is 8.12.